The molecule has 0 bridgehead atoms. The quantitative estimate of drug-likeness (QED) is 0.783. The summed E-state index contributed by atoms with van der Waals surface area (Å²) in [7, 11) is 2.82. The number of methoxy groups -OCH3 is 2. The predicted molar refractivity (Wildman–Crippen MR) is 101 cm³/mol. The Bertz CT molecular complexity index is 885. The summed E-state index contributed by atoms with van der Waals surface area (Å²) in [6.45, 7) is 0. The minimum atomic E-state index is -0.437. The summed E-state index contributed by atoms with van der Waals surface area (Å²) in [4.78, 5) is 26.3. The van der Waals surface area contributed by atoms with Gasteiger partial charge in [-0.1, -0.05) is 11.6 Å². The lowest BCUT2D eigenvalue weighted by Gasteiger charge is -2.12. The summed E-state index contributed by atoms with van der Waals surface area (Å²) in [5.41, 5.74) is 0.999. The Hall–Kier alpha value is -2.64. The Morgan fingerprint density at radius 2 is 1.65 bits per heavy atom. The van der Waals surface area contributed by atoms with Gasteiger partial charge in [-0.05, 0) is 59.8 Å². The third kappa shape index (κ3) is 3.36. The van der Waals surface area contributed by atoms with Crippen LogP contribution in [0.4, 0.5) is 10.5 Å². The molecule has 0 radical (unpaired) electrons. The summed E-state index contributed by atoms with van der Waals surface area (Å²) in [5, 5.41) is 10.1. The zero-order valence-corrected chi connectivity index (χ0v) is 15.4. The Labute approximate surface area is 159 Å². The predicted octanol–water partition coefficient (Wildman–Crippen LogP) is 4.30. The first kappa shape index (κ1) is 18.2. The van der Waals surface area contributed by atoms with Crippen molar-refractivity contribution in [3.05, 3.63) is 51.9 Å². The van der Waals surface area contributed by atoms with Crippen molar-refractivity contribution in [1.82, 2.24) is 0 Å². The van der Waals surface area contributed by atoms with E-state index in [4.69, 9.17) is 21.1 Å². The van der Waals surface area contributed by atoms with Crippen molar-refractivity contribution in [2.45, 2.75) is 0 Å². The number of carbonyl (C=O) groups excluding carboxylic acids is 2. The Kier molecular flexibility index (Phi) is 5.11. The fourth-order valence-corrected chi connectivity index (χ4v) is 3.40. The van der Waals surface area contributed by atoms with Crippen LogP contribution < -0.4 is 14.4 Å². The number of amides is 2. The van der Waals surface area contributed by atoms with Gasteiger partial charge in [0.15, 0.2) is 11.5 Å². The van der Waals surface area contributed by atoms with E-state index in [-0.39, 0.29) is 22.2 Å². The number of thioether (sulfide) groups is 1. The molecule has 1 aliphatic heterocycles. The van der Waals surface area contributed by atoms with Crippen LogP contribution in [-0.2, 0) is 4.79 Å². The molecule has 0 aromatic heterocycles. The highest BCUT2D eigenvalue weighted by Gasteiger charge is 2.36. The van der Waals surface area contributed by atoms with Gasteiger partial charge in [0.25, 0.3) is 11.1 Å². The van der Waals surface area contributed by atoms with E-state index in [0.717, 1.165) is 16.7 Å². The Morgan fingerprint density at radius 1 is 1.08 bits per heavy atom. The van der Waals surface area contributed by atoms with E-state index >= 15 is 0 Å². The largest absolute Gasteiger partial charge is 0.502 e. The van der Waals surface area contributed by atoms with Gasteiger partial charge in [0.2, 0.25) is 5.75 Å². The second-order valence-electron chi connectivity index (χ2n) is 5.27. The van der Waals surface area contributed by atoms with Crippen molar-refractivity contribution in [3.63, 3.8) is 0 Å². The number of aromatic hydroxyl groups is 1. The summed E-state index contributed by atoms with van der Waals surface area (Å²) in [6.07, 6.45) is 1.55. The van der Waals surface area contributed by atoms with Gasteiger partial charge in [0.05, 0.1) is 24.8 Å². The number of rotatable bonds is 4. The number of ether oxygens (including phenoxy) is 2. The Balaban J connectivity index is 1.97. The molecular formula is C18H14ClNO5S. The van der Waals surface area contributed by atoms with Crippen LogP contribution >= 0.6 is 23.4 Å². The normalized spacial score (nSPS) is 15.7. The maximum absolute atomic E-state index is 12.7. The monoisotopic (exact) mass is 391 g/mol. The van der Waals surface area contributed by atoms with Gasteiger partial charge in [-0.25, -0.2) is 4.90 Å². The van der Waals surface area contributed by atoms with Crippen LogP contribution in [0.1, 0.15) is 5.56 Å². The zero-order valence-electron chi connectivity index (χ0n) is 13.9. The number of hydrogen-bond acceptors (Lipinski definition) is 6. The lowest BCUT2D eigenvalue weighted by Crippen LogP contribution is -2.27. The number of carbonyl (C=O) groups is 2. The molecule has 0 atom stereocenters. The highest BCUT2D eigenvalue weighted by atomic mass is 35.5. The first-order valence-corrected chi connectivity index (χ1v) is 8.62. The van der Waals surface area contributed by atoms with E-state index in [9.17, 15) is 14.7 Å². The van der Waals surface area contributed by atoms with Crippen LogP contribution in [0.5, 0.6) is 17.2 Å². The standard InChI is InChI=1S/C18H14ClNO5S/c1-24-13-7-10(8-14(25-2)16(13)21)9-15-17(22)20(18(23)26-15)12-5-3-11(19)4-6-12/h3-9,21H,1-2H3/b15-9-. The average Bonchev–Trinajstić information content (AvgIpc) is 2.90. The van der Waals surface area contributed by atoms with Crippen LogP contribution in [-0.4, -0.2) is 30.5 Å². The number of phenols is 1. The number of nitrogens with zero attached hydrogens (tertiary/aromatic N) is 1. The molecule has 0 saturated carbocycles. The average molecular weight is 392 g/mol. The Morgan fingerprint density at radius 3 is 2.19 bits per heavy atom. The van der Waals surface area contributed by atoms with E-state index in [1.54, 1.807) is 42.5 Å². The van der Waals surface area contributed by atoms with Gasteiger partial charge >= 0.3 is 0 Å². The summed E-state index contributed by atoms with van der Waals surface area (Å²) >= 11 is 6.68. The first-order valence-electron chi connectivity index (χ1n) is 7.43. The highest BCUT2D eigenvalue weighted by Crippen LogP contribution is 2.40. The maximum Gasteiger partial charge on any atom is 0.298 e. The fraction of sp³-hybridized carbons (Fsp3) is 0.111. The molecule has 6 nitrogen and oxygen atoms in total. The van der Waals surface area contributed by atoms with E-state index in [0.29, 0.717) is 16.3 Å². The fourth-order valence-electron chi connectivity index (χ4n) is 2.43. The van der Waals surface area contributed by atoms with Crippen LogP contribution in [0.3, 0.4) is 0 Å². The van der Waals surface area contributed by atoms with Crippen molar-refractivity contribution in [2.75, 3.05) is 19.1 Å². The van der Waals surface area contributed by atoms with Gasteiger partial charge < -0.3 is 14.6 Å². The van der Waals surface area contributed by atoms with Crippen molar-refractivity contribution < 1.29 is 24.2 Å². The second-order valence-corrected chi connectivity index (χ2v) is 6.70. The van der Waals surface area contributed by atoms with Gasteiger partial charge in [-0.2, -0.15) is 0 Å². The van der Waals surface area contributed by atoms with Crippen LogP contribution in [0, 0.1) is 0 Å². The highest BCUT2D eigenvalue weighted by molar-refractivity contribution is 8.19. The summed E-state index contributed by atoms with van der Waals surface area (Å²) in [6, 6.07) is 9.53. The molecule has 8 heteroatoms. The number of imide groups is 1. The molecule has 0 aliphatic carbocycles. The van der Waals surface area contributed by atoms with Crippen LogP contribution in [0.2, 0.25) is 5.02 Å². The second kappa shape index (κ2) is 7.31. The minimum absolute atomic E-state index is 0.138. The van der Waals surface area contributed by atoms with E-state index in [1.165, 1.54) is 14.2 Å². The molecule has 0 spiro atoms. The molecule has 1 heterocycles. The first-order chi connectivity index (χ1) is 12.4. The molecule has 2 amide bonds. The maximum atomic E-state index is 12.7. The molecule has 2 aromatic rings. The number of phenolic OH excluding ortho intramolecular Hbond substituents is 1. The van der Waals surface area contributed by atoms with E-state index in [1.807, 2.05) is 0 Å². The van der Waals surface area contributed by atoms with Crippen molar-refractivity contribution in [1.29, 1.82) is 0 Å². The van der Waals surface area contributed by atoms with Gasteiger partial charge in [-0.15, -0.1) is 0 Å². The minimum Gasteiger partial charge on any atom is -0.502 e. The van der Waals surface area contributed by atoms with Crippen molar-refractivity contribution in [2.24, 2.45) is 0 Å². The molecule has 1 N–H and O–H groups in total. The molecule has 1 fully saturated rings. The molecule has 1 aliphatic rings. The SMILES string of the molecule is COc1cc(/C=C2\SC(=O)N(c3ccc(Cl)cc3)C2=O)cc(OC)c1O. The molecule has 2 aromatic carbocycles. The van der Waals surface area contributed by atoms with Gasteiger partial charge in [0.1, 0.15) is 0 Å². The third-order valence-electron chi connectivity index (χ3n) is 3.68. The van der Waals surface area contributed by atoms with E-state index in [2.05, 4.69) is 0 Å². The van der Waals surface area contributed by atoms with Crippen LogP contribution in [0.25, 0.3) is 6.08 Å². The number of hydrogen-bond donors (Lipinski definition) is 1. The number of benzene rings is 2. The molecule has 134 valence electrons. The number of halogens is 1. The topological polar surface area (TPSA) is 76.1 Å². The van der Waals surface area contributed by atoms with E-state index < -0.39 is 11.1 Å². The lowest BCUT2D eigenvalue weighted by atomic mass is 10.1. The zero-order chi connectivity index (χ0) is 18.8. The summed E-state index contributed by atoms with van der Waals surface area (Å²) in [5.74, 6) is -0.171. The molecule has 0 unspecified atom stereocenters. The third-order valence-corrected chi connectivity index (χ3v) is 4.80. The molecule has 1 saturated heterocycles. The molecular weight excluding hydrogens is 378 g/mol. The van der Waals surface area contributed by atoms with Crippen LogP contribution in [0.15, 0.2) is 41.3 Å². The number of anilines is 1. The molecule has 3 rings (SSSR count). The lowest BCUT2D eigenvalue weighted by molar-refractivity contribution is -0.113. The van der Waals surface area contributed by atoms with Gasteiger partial charge in [-0.3, -0.25) is 9.59 Å². The summed E-state index contributed by atoms with van der Waals surface area (Å²) < 4.78 is 10.2. The van der Waals surface area contributed by atoms with Gasteiger partial charge in [0, 0.05) is 5.02 Å². The van der Waals surface area contributed by atoms with Crippen molar-refractivity contribution in [3.8, 4) is 17.2 Å². The smallest absolute Gasteiger partial charge is 0.298 e. The van der Waals surface area contributed by atoms with Crippen molar-refractivity contribution >= 4 is 46.3 Å². The molecule has 26 heavy (non-hydrogen) atoms.